The second-order valence-corrected chi connectivity index (χ2v) is 8.24. The maximum Gasteiger partial charge on any atom is 0.295 e. The first kappa shape index (κ1) is 23.7. The quantitative estimate of drug-likeness (QED) is 0.365. The molecule has 1 amide bonds. The molecular formula is C25H27FN2O6. The molecule has 1 atom stereocenters. The van der Waals surface area contributed by atoms with Crippen LogP contribution < -0.4 is 4.74 Å². The molecule has 8 nitrogen and oxygen atoms in total. The average molecular weight is 470 g/mol. The number of halogens is 1. The molecule has 180 valence electrons. The summed E-state index contributed by atoms with van der Waals surface area (Å²) in [6.45, 7) is 3.85. The summed E-state index contributed by atoms with van der Waals surface area (Å²) >= 11 is 0. The van der Waals surface area contributed by atoms with Gasteiger partial charge in [-0.3, -0.25) is 14.5 Å². The number of morpholine rings is 1. The zero-order valence-corrected chi connectivity index (χ0v) is 18.9. The van der Waals surface area contributed by atoms with Crippen molar-refractivity contribution >= 4 is 17.4 Å². The fraction of sp³-hybridized carbons (Fsp3) is 0.360. The van der Waals surface area contributed by atoms with Crippen molar-refractivity contribution in [2.75, 3.05) is 46.5 Å². The molecular weight excluding hydrogens is 443 g/mol. The number of aliphatic hydroxyl groups is 1. The number of hydrogen-bond acceptors (Lipinski definition) is 7. The maximum absolute atomic E-state index is 14.1. The third kappa shape index (κ3) is 4.76. The van der Waals surface area contributed by atoms with E-state index in [0.717, 1.165) is 13.1 Å². The minimum Gasteiger partial charge on any atom is -0.507 e. The van der Waals surface area contributed by atoms with Crippen molar-refractivity contribution in [3.8, 4) is 11.5 Å². The van der Waals surface area contributed by atoms with Gasteiger partial charge < -0.3 is 24.6 Å². The predicted octanol–water partition coefficient (Wildman–Crippen LogP) is 2.68. The van der Waals surface area contributed by atoms with Crippen LogP contribution in [0.15, 0.2) is 48.0 Å². The molecule has 0 spiro atoms. The summed E-state index contributed by atoms with van der Waals surface area (Å²) in [5.41, 5.74) is 0.149. The molecule has 2 aromatic carbocycles. The summed E-state index contributed by atoms with van der Waals surface area (Å²) < 4.78 is 24.5. The van der Waals surface area contributed by atoms with E-state index in [4.69, 9.17) is 9.47 Å². The molecule has 0 bridgehead atoms. The maximum atomic E-state index is 14.1. The smallest absolute Gasteiger partial charge is 0.295 e. The minimum atomic E-state index is -0.984. The van der Waals surface area contributed by atoms with Crippen LogP contribution in [0, 0.1) is 5.82 Å². The molecule has 2 heterocycles. The SMILES string of the molecule is COc1ccc(C(O)=C2C(=O)C(=O)N(CCCN3CCOCC3)[C@H]2c2cccc(F)c2)c(O)c1. The molecule has 0 aromatic heterocycles. The third-order valence-electron chi connectivity index (χ3n) is 6.14. The second kappa shape index (κ2) is 10.2. The van der Waals surface area contributed by atoms with E-state index in [1.165, 1.54) is 48.4 Å². The van der Waals surface area contributed by atoms with Gasteiger partial charge in [0.2, 0.25) is 0 Å². The van der Waals surface area contributed by atoms with Crippen molar-refractivity contribution in [3.05, 3.63) is 65.0 Å². The number of amides is 1. The zero-order valence-electron chi connectivity index (χ0n) is 18.9. The highest BCUT2D eigenvalue weighted by Crippen LogP contribution is 2.41. The number of methoxy groups -OCH3 is 1. The van der Waals surface area contributed by atoms with Crippen LogP contribution >= 0.6 is 0 Å². The molecule has 9 heteroatoms. The van der Waals surface area contributed by atoms with Gasteiger partial charge in [-0.1, -0.05) is 12.1 Å². The summed E-state index contributed by atoms with van der Waals surface area (Å²) in [5.74, 6) is -2.65. The number of nitrogens with zero attached hydrogens (tertiary/aromatic N) is 2. The molecule has 2 saturated heterocycles. The lowest BCUT2D eigenvalue weighted by Crippen LogP contribution is -2.39. The molecule has 4 rings (SSSR count). The molecule has 0 radical (unpaired) electrons. The Balaban J connectivity index is 1.70. The number of hydrogen-bond donors (Lipinski definition) is 2. The van der Waals surface area contributed by atoms with E-state index in [0.29, 0.717) is 37.5 Å². The Morgan fingerprint density at radius 3 is 2.59 bits per heavy atom. The van der Waals surface area contributed by atoms with Crippen LogP contribution in [0.25, 0.3) is 5.76 Å². The molecule has 2 aromatic rings. The highest BCUT2D eigenvalue weighted by molar-refractivity contribution is 6.46. The number of aliphatic hydroxyl groups excluding tert-OH is 1. The molecule has 34 heavy (non-hydrogen) atoms. The summed E-state index contributed by atoms with van der Waals surface area (Å²) in [6.07, 6.45) is 0.590. The minimum absolute atomic E-state index is 0.0199. The van der Waals surface area contributed by atoms with E-state index < -0.39 is 29.3 Å². The number of phenolic OH excluding ortho intramolecular Hbond substituents is 1. The van der Waals surface area contributed by atoms with Gasteiger partial charge in [0.05, 0.1) is 37.5 Å². The Hall–Kier alpha value is -3.43. The topological polar surface area (TPSA) is 99.5 Å². The van der Waals surface area contributed by atoms with E-state index in [1.54, 1.807) is 6.07 Å². The normalized spacial score (nSPS) is 20.6. The average Bonchev–Trinajstić information content (AvgIpc) is 3.09. The van der Waals surface area contributed by atoms with E-state index in [9.17, 15) is 24.2 Å². The van der Waals surface area contributed by atoms with Crippen LogP contribution in [0.2, 0.25) is 0 Å². The van der Waals surface area contributed by atoms with Crippen molar-refractivity contribution < 1.29 is 33.7 Å². The lowest BCUT2D eigenvalue weighted by Gasteiger charge is -2.29. The summed E-state index contributed by atoms with van der Waals surface area (Å²) in [6, 6.07) is 8.84. The lowest BCUT2D eigenvalue weighted by atomic mass is 9.95. The van der Waals surface area contributed by atoms with Crippen LogP contribution in [-0.2, 0) is 14.3 Å². The van der Waals surface area contributed by atoms with Crippen molar-refractivity contribution in [1.82, 2.24) is 9.80 Å². The van der Waals surface area contributed by atoms with E-state index >= 15 is 0 Å². The fourth-order valence-electron chi connectivity index (χ4n) is 4.41. The van der Waals surface area contributed by atoms with Crippen LogP contribution in [0.3, 0.4) is 0 Å². The predicted molar refractivity (Wildman–Crippen MR) is 122 cm³/mol. The van der Waals surface area contributed by atoms with Gasteiger partial charge >= 0.3 is 0 Å². The number of likely N-dealkylation sites (tertiary alicyclic amines) is 1. The van der Waals surface area contributed by atoms with Crippen molar-refractivity contribution in [2.24, 2.45) is 0 Å². The van der Waals surface area contributed by atoms with Gasteiger partial charge in [-0.15, -0.1) is 0 Å². The molecule has 2 aliphatic rings. The van der Waals surface area contributed by atoms with Gasteiger partial charge in [-0.05, 0) is 36.2 Å². The fourth-order valence-corrected chi connectivity index (χ4v) is 4.41. The highest BCUT2D eigenvalue weighted by atomic mass is 19.1. The van der Waals surface area contributed by atoms with Gasteiger partial charge in [0.25, 0.3) is 11.7 Å². The number of ketones is 1. The molecule has 0 saturated carbocycles. The molecule has 0 aliphatic carbocycles. The van der Waals surface area contributed by atoms with Crippen molar-refractivity contribution in [1.29, 1.82) is 0 Å². The van der Waals surface area contributed by atoms with E-state index in [1.807, 2.05) is 0 Å². The number of benzene rings is 2. The Morgan fingerprint density at radius 2 is 1.91 bits per heavy atom. The van der Waals surface area contributed by atoms with E-state index in [2.05, 4.69) is 4.90 Å². The second-order valence-electron chi connectivity index (χ2n) is 8.24. The largest absolute Gasteiger partial charge is 0.507 e. The molecule has 2 fully saturated rings. The Kier molecular flexibility index (Phi) is 7.14. The monoisotopic (exact) mass is 470 g/mol. The number of Topliss-reactive ketones (excluding diaryl/α,β-unsaturated/α-hetero) is 1. The summed E-state index contributed by atoms with van der Waals surface area (Å²) in [5, 5.41) is 21.5. The van der Waals surface area contributed by atoms with Crippen LogP contribution in [-0.4, -0.2) is 78.2 Å². The van der Waals surface area contributed by atoms with Gasteiger partial charge in [-0.2, -0.15) is 0 Å². The number of aromatic hydroxyl groups is 1. The Labute approximate surface area is 196 Å². The van der Waals surface area contributed by atoms with Crippen LogP contribution in [0.4, 0.5) is 4.39 Å². The van der Waals surface area contributed by atoms with Crippen LogP contribution in [0.5, 0.6) is 11.5 Å². The first-order valence-electron chi connectivity index (χ1n) is 11.1. The van der Waals surface area contributed by atoms with Gasteiger partial charge in [0.1, 0.15) is 23.1 Å². The Morgan fingerprint density at radius 1 is 1.15 bits per heavy atom. The standard InChI is InChI=1S/C25H27FN2O6/c1-33-18-6-7-19(20(29)15-18)23(30)21-22(16-4-2-5-17(26)14-16)28(25(32)24(21)31)9-3-8-27-10-12-34-13-11-27/h2,4-7,14-15,22,29-30H,3,8-13H2,1H3/t22-/m0/s1. The summed E-state index contributed by atoms with van der Waals surface area (Å²) in [7, 11) is 1.43. The number of carbonyl (C=O) groups is 2. The molecule has 0 unspecified atom stereocenters. The zero-order chi connectivity index (χ0) is 24.2. The number of phenols is 1. The summed E-state index contributed by atoms with van der Waals surface area (Å²) in [4.78, 5) is 29.7. The number of carbonyl (C=O) groups excluding carboxylic acids is 2. The molecule has 2 aliphatic heterocycles. The van der Waals surface area contributed by atoms with Gasteiger partial charge in [0.15, 0.2) is 0 Å². The van der Waals surface area contributed by atoms with Crippen LogP contribution in [0.1, 0.15) is 23.6 Å². The third-order valence-corrected chi connectivity index (χ3v) is 6.14. The Bertz CT molecular complexity index is 1110. The van der Waals surface area contributed by atoms with Gasteiger partial charge in [0, 0.05) is 32.2 Å². The van der Waals surface area contributed by atoms with E-state index in [-0.39, 0.29) is 23.4 Å². The molecule has 2 N–H and O–H groups in total. The highest BCUT2D eigenvalue weighted by Gasteiger charge is 2.46. The first-order chi connectivity index (χ1) is 16.4. The van der Waals surface area contributed by atoms with Crippen molar-refractivity contribution in [2.45, 2.75) is 12.5 Å². The lowest BCUT2D eigenvalue weighted by molar-refractivity contribution is -0.140. The number of ether oxygens (including phenoxy) is 2. The van der Waals surface area contributed by atoms with Crippen molar-refractivity contribution in [3.63, 3.8) is 0 Å². The first-order valence-corrected chi connectivity index (χ1v) is 11.1. The van der Waals surface area contributed by atoms with Gasteiger partial charge in [-0.25, -0.2) is 4.39 Å². The number of rotatable bonds is 7.